The van der Waals surface area contributed by atoms with Crippen molar-refractivity contribution in [3.8, 4) is 5.75 Å². The molecule has 0 aliphatic heterocycles. The molecule has 0 N–H and O–H groups in total. The van der Waals surface area contributed by atoms with Gasteiger partial charge in [-0.15, -0.1) is 0 Å². The highest BCUT2D eigenvalue weighted by molar-refractivity contribution is 9.10. The molecule has 0 aliphatic carbocycles. The van der Waals surface area contributed by atoms with Gasteiger partial charge in [0.1, 0.15) is 11.5 Å². The van der Waals surface area contributed by atoms with E-state index in [0.29, 0.717) is 19.4 Å². The second kappa shape index (κ2) is 7.41. The highest BCUT2D eigenvalue weighted by Crippen LogP contribution is 2.22. The van der Waals surface area contributed by atoms with Crippen LogP contribution in [0.15, 0.2) is 34.8 Å². The molecule has 0 saturated heterocycles. The average molecular weight is 351 g/mol. The standard InChI is InChI=1S/C16H19BrN2O2/c1-3-14-16(17)15(19(2)18-14)11-12(20)9-10-21-13-7-5-4-6-8-13/h4-8H,3,9-11H2,1-2H3. The second-order valence-corrected chi connectivity index (χ2v) is 5.60. The molecule has 5 heteroatoms. The minimum absolute atomic E-state index is 0.150. The van der Waals surface area contributed by atoms with E-state index in [1.807, 2.05) is 44.3 Å². The number of carbonyl (C=O) groups is 1. The number of aromatic nitrogens is 2. The molecule has 1 aromatic heterocycles. The fourth-order valence-electron chi connectivity index (χ4n) is 2.09. The van der Waals surface area contributed by atoms with Gasteiger partial charge in [0.15, 0.2) is 0 Å². The van der Waals surface area contributed by atoms with E-state index in [9.17, 15) is 4.79 Å². The molecular formula is C16H19BrN2O2. The van der Waals surface area contributed by atoms with Crippen LogP contribution >= 0.6 is 15.9 Å². The van der Waals surface area contributed by atoms with Crippen LogP contribution in [0.1, 0.15) is 24.7 Å². The van der Waals surface area contributed by atoms with Gasteiger partial charge in [0, 0.05) is 19.9 Å². The van der Waals surface area contributed by atoms with Crippen molar-refractivity contribution < 1.29 is 9.53 Å². The Kier molecular flexibility index (Phi) is 5.56. The summed E-state index contributed by atoms with van der Waals surface area (Å²) in [6, 6.07) is 9.53. The number of para-hydroxylation sites is 1. The average Bonchev–Trinajstić information content (AvgIpc) is 2.76. The maximum absolute atomic E-state index is 12.1. The Hall–Kier alpha value is -1.62. The first kappa shape index (κ1) is 15.8. The maximum Gasteiger partial charge on any atom is 0.142 e. The van der Waals surface area contributed by atoms with Gasteiger partial charge in [0.2, 0.25) is 0 Å². The third-order valence-corrected chi connectivity index (χ3v) is 4.18. The number of rotatable bonds is 7. The van der Waals surface area contributed by atoms with E-state index < -0.39 is 0 Å². The van der Waals surface area contributed by atoms with Gasteiger partial charge in [0.05, 0.1) is 22.5 Å². The molecule has 21 heavy (non-hydrogen) atoms. The Morgan fingerprint density at radius 2 is 2.05 bits per heavy atom. The molecule has 0 aliphatic rings. The fourth-order valence-corrected chi connectivity index (χ4v) is 2.84. The van der Waals surface area contributed by atoms with Crippen LogP contribution in [0.4, 0.5) is 0 Å². The van der Waals surface area contributed by atoms with Crippen molar-refractivity contribution in [3.05, 3.63) is 46.2 Å². The Balaban J connectivity index is 1.86. The summed E-state index contributed by atoms with van der Waals surface area (Å²) in [5.74, 6) is 0.942. The quantitative estimate of drug-likeness (QED) is 0.769. The summed E-state index contributed by atoms with van der Waals surface area (Å²) in [6.45, 7) is 2.45. The van der Waals surface area contributed by atoms with Crippen molar-refractivity contribution in [2.45, 2.75) is 26.2 Å². The second-order valence-electron chi connectivity index (χ2n) is 4.81. The van der Waals surface area contributed by atoms with Crippen molar-refractivity contribution in [2.75, 3.05) is 6.61 Å². The Morgan fingerprint density at radius 1 is 1.33 bits per heavy atom. The van der Waals surface area contributed by atoms with E-state index >= 15 is 0 Å². The number of aryl methyl sites for hydroxylation is 2. The van der Waals surface area contributed by atoms with Crippen molar-refractivity contribution in [2.24, 2.45) is 7.05 Å². The summed E-state index contributed by atoms with van der Waals surface area (Å²) < 4.78 is 8.27. The number of nitrogens with zero attached hydrogens (tertiary/aromatic N) is 2. The van der Waals surface area contributed by atoms with E-state index in [1.54, 1.807) is 4.68 Å². The van der Waals surface area contributed by atoms with Crippen molar-refractivity contribution in [1.82, 2.24) is 9.78 Å². The normalized spacial score (nSPS) is 10.6. The monoisotopic (exact) mass is 350 g/mol. The molecule has 112 valence electrons. The number of Topliss-reactive ketones (excluding diaryl/α,β-unsaturated/α-hetero) is 1. The predicted molar refractivity (Wildman–Crippen MR) is 85.6 cm³/mol. The van der Waals surface area contributed by atoms with E-state index in [-0.39, 0.29) is 5.78 Å². The molecule has 1 heterocycles. The molecule has 0 radical (unpaired) electrons. The molecule has 4 nitrogen and oxygen atoms in total. The third kappa shape index (κ3) is 4.17. The van der Waals surface area contributed by atoms with E-state index in [4.69, 9.17) is 4.74 Å². The molecule has 0 amide bonds. The first-order valence-electron chi connectivity index (χ1n) is 7.01. The van der Waals surface area contributed by atoms with Crippen LogP contribution in [0.5, 0.6) is 5.75 Å². The zero-order valence-corrected chi connectivity index (χ0v) is 13.9. The predicted octanol–water partition coefficient (Wildman–Crippen LogP) is 3.33. The van der Waals surface area contributed by atoms with Crippen LogP contribution in [-0.2, 0) is 24.7 Å². The SMILES string of the molecule is CCc1nn(C)c(CC(=O)CCOc2ccccc2)c1Br. The number of carbonyl (C=O) groups excluding carboxylic acids is 1. The van der Waals surface area contributed by atoms with Gasteiger partial charge in [-0.25, -0.2) is 0 Å². The van der Waals surface area contributed by atoms with Crippen LogP contribution < -0.4 is 4.74 Å². The number of ether oxygens (including phenoxy) is 1. The van der Waals surface area contributed by atoms with Crippen molar-refractivity contribution >= 4 is 21.7 Å². The largest absolute Gasteiger partial charge is 0.493 e. The summed E-state index contributed by atoms with van der Waals surface area (Å²) in [5, 5.41) is 4.40. The summed E-state index contributed by atoms with van der Waals surface area (Å²) in [6.07, 6.45) is 1.62. The topological polar surface area (TPSA) is 44.1 Å². The van der Waals surface area contributed by atoms with E-state index in [1.165, 1.54) is 0 Å². The van der Waals surface area contributed by atoms with Gasteiger partial charge in [0.25, 0.3) is 0 Å². The summed E-state index contributed by atoms with van der Waals surface area (Å²) in [5.41, 5.74) is 1.91. The highest BCUT2D eigenvalue weighted by Gasteiger charge is 2.15. The van der Waals surface area contributed by atoms with Crippen LogP contribution in [0.25, 0.3) is 0 Å². The minimum Gasteiger partial charge on any atom is -0.493 e. The first-order chi connectivity index (χ1) is 10.1. The molecule has 2 aromatic rings. The highest BCUT2D eigenvalue weighted by atomic mass is 79.9. The summed E-state index contributed by atoms with van der Waals surface area (Å²) >= 11 is 3.53. The van der Waals surface area contributed by atoms with Gasteiger partial charge in [-0.2, -0.15) is 5.10 Å². The smallest absolute Gasteiger partial charge is 0.142 e. The first-order valence-corrected chi connectivity index (χ1v) is 7.81. The number of hydrogen-bond donors (Lipinski definition) is 0. The lowest BCUT2D eigenvalue weighted by atomic mass is 10.1. The fraction of sp³-hybridized carbons (Fsp3) is 0.375. The zero-order chi connectivity index (χ0) is 15.2. The molecule has 0 fully saturated rings. The van der Waals surface area contributed by atoms with E-state index in [2.05, 4.69) is 21.0 Å². The third-order valence-electron chi connectivity index (χ3n) is 3.26. The zero-order valence-electron chi connectivity index (χ0n) is 12.3. The van der Waals surface area contributed by atoms with Gasteiger partial charge < -0.3 is 4.74 Å². The Morgan fingerprint density at radius 3 is 2.67 bits per heavy atom. The molecule has 0 bridgehead atoms. The van der Waals surface area contributed by atoms with Crippen LogP contribution in [0, 0.1) is 0 Å². The van der Waals surface area contributed by atoms with Gasteiger partial charge in [-0.3, -0.25) is 9.48 Å². The lowest BCUT2D eigenvalue weighted by Crippen LogP contribution is -2.11. The molecule has 1 aromatic carbocycles. The number of ketones is 1. The molecule has 0 spiro atoms. The van der Waals surface area contributed by atoms with Crippen molar-refractivity contribution in [3.63, 3.8) is 0 Å². The van der Waals surface area contributed by atoms with Gasteiger partial charge in [-0.1, -0.05) is 25.1 Å². The Bertz CT molecular complexity index is 608. The summed E-state index contributed by atoms with van der Waals surface area (Å²) in [4.78, 5) is 12.1. The van der Waals surface area contributed by atoms with Crippen LogP contribution in [0.2, 0.25) is 0 Å². The van der Waals surface area contributed by atoms with Gasteiger partial charge >= 0.3 is 0 Å². The molecular weight excluding hydrogens is 332 g/mol. The molecule has 2 rings (SSSR count). The number of benzene rings is 1. The summed E-state index contributed by atoms with van der Waals surface area (Å²) in [7, 11) is 1.87. The number of hydrogen-bond acceptors (Lipinski definition) is 3. The van der Waals surface area contributed by atoms with Gasteiger partial charge in [-0.05, 0) is 34.5 Å². The Labute approximate surface area is 133 Å². The molecule has 0 atom stereocenters. The van der Waals surface area contributed by atoms with Crippen molar-refractivity contribution in [1.29, 1.82) is 0 Å². The maximum atomic E-state index is 12.1. The molecule has 0 unspecified atom stereocenters. The lowest BCUT2D eigenvalue weighted by Gasteiger charge is -2.06. The van der Waals surface area contributed by atoms with Crippen LogP contribution in [-0.4, -0.2) is 22.2 Å². The minimum atomic E-state index is 0.150. The number of halogens is 1. The lowest BCUT2D eigenvalue weighted by molar-refractivity contribution is -0.119. The van der Waals surface area contributed by atoms with E-state index in [0.717, 1.165) is 28.0 Å². The van der Waals surface area contributed by atoms with Crippen LogP contribution in [0.3, 0.4) is 0 Å². The molecule has 0 saturated carbocycles.